The number of rotatable bonds is 4. The van der Waals surface area contributed by atoms with Crippen molar-refractivity contribution in [2.45, 2.75) is 20.3 Å². The Hall–Kier alpha value is -3.55. The first-order valence-electron chi connectivity index (χ1n) is 9.94. The molecule has 1 saturated heterocycles. The summed E-state index contributed by atoms with van der Waals surface area (Å²) in [5.74, 6) is 1.08. The first-order valence-corrected chi connectivity index (χ1v) is 9.94. The third-order valence-electron chi connectivity index (χ3n) is 5.17. The van der Waals surface area contributed by atoms with E-state index in [0.29, 0.717) is 48.0 Å². The fourth-order valence-electron chi connectivity index (χ4n) is 3.57. The number of ketones is 1. The van der Waals surface area contributed by atoms with Gasteiger partial charge in [-0.1, -0.05) is 11.2 Å². The van der Waals surface area contributed by atoms with Crippen molar-refractivity contribution in [1.29, 1.82) is 0 Å². The van der Waals surface area contributed by atoms with Crippen molar-refractivity contribution >= 4 is 17.5 Å². The first-order chi connectivity index (χ1) is 14.5. The largest absolute Gasteiger partial charge is 0.361 e. The van der Waals surface area contributed by atoms with E-state index in [-0.39, 0.29) is 13.1 Å². The van der Waals surface area contributed by atoms with Crippen LogP contribution in [0.25, 0.3) is 0 Å². The van der Waals surface area contributed by atoms with Crippen LogP contribution in [-0.4, -0.2) is 57.9 Å². The Morgan fingerprint density at radius 1 is 1.03 bits per heavy atom. The molecule has 0 radical (unpaired) electrons. The molecule has 0 bridgehead atoms. The number of amides is 1. The van der Waals surface area contributed by atoms with Crippen molar-refractivity contribution in [3.8, 4) is 0 Å². The van der Waals surface area contributed by atoms with Crippen LogP contribution in [0.3, 0.4) is 0 Å². The minimum atomic E-state index is -0.143. The molecule has 4 rings (SSSR count). The molecule has 0 N–H and O–H groups in total. The molecule has 8 nitrogen and oxygen atoms in total. The SMILES string of the molecule is Cc1cc(C(=O)N2CCCN(c3cccc(C(=O)c4cccnc4C)n3)CC2)no1.[HH]. The minimum Gasteiger partial charge on any atom is -0.361 e. The molecule has 3 aromatic rings. The molecule has 30 heavy (non-hydrogen) atoms. The van der Waals surface area contributed by atoms with Crippen LogP contribution in [0, 0.1) is 13.8 Å². The second-order valence-corrected chi connectivity index (χ2v) is 7.30. The Morgan fingerprint density at radius 2 is 1.90 bits per heavy atom. The van der Waals surface area contributed by atoms with E-state index >= 15 is 0 Å². The third kappa shape index (κ3) is 4.07. The fraction of sp³-hybridized carbons (Fsp3) is 0.318. The summed E-state index contributed by atoms with van der Waals surface area (Å²) in [5.41, 5.74) is 1.96. The summed E-state index contributed by atoms with van der Waals surface area (Å²) in [6.07, 6.45) is 2.46. The van der Waals surface area contributed by atoms with Gasteiger partial charge < -0.3 is 14.3 Å². The maximum Gasteiger partial charge on any atom is 0.276 e. The van der Waals surface area contributed by atoms with Gasteiger partial charge in [0, 0.05) is 51.1 Å². The smallest absolute Gasteiger partial charge is 0.276 e. The summed E-state index contributed by atoms with van der Waals surface area (Å²) in [4.78, 5) is 38.2. The van der Waals surface area contributed by atoms with E-state index in [4.69, 9.17) is 4.52 Å². The molecule has 1 aliphatic heterocycles. The average Bonchev–Trinajstić information content (AvgIpc) is 3.05. The molecule has 0 aliphatic carbocycles. The molecule has 0 unspecified atom stereocenters. The van der Waals surface area contributed by atoms with Crippen molar-refractivity contribution < 1.29 is 15.5 Å². The predicted molar refractivity (Wildman–Crippen MR) is 113 cm³/mol. The maximum absolute atomic E-state index is 12.9. The van der Waals surface area contributed by atoms with Crippen LogP contribution in [0.2, 0.25) is 0 Å². The molecule has 3 aromatic heterocycles. The summed E-state index contributed by atoms with van der Waals surface area (Å²) in [6.45, 7) is 6.13. The van der Waals surface area contributed by atoms with Crippen molar-refractivity contribution in [3.63, 3.8) is 0 Å². The minimum absolute atomic E-state index is 0. The van der Waals surface area contributed by atoms with Crippen LogP contribution in [-0.2, 0) is 0 Å². The Kier molecular flexibility index (Phi) is 5.56. The number of pyridine rings is 2. The number of nitrogens with zero attached hydrogens (tertiary/aromatic N) is 5. The second-order valence-electron chi connectivity index (χ2n) is 7.30. The Labute approximate surface area is 176 Å². The van der Waals surface area contributed by atoms with Crippen LogP contribution in [0.4, 0.5) is 5.82 Å². The lowest BCUT2D eigenvalue weighted by atomic mass is 10.1. The molecule has 1 fully saturated rings. The van der Waals surface area contributed by atoms with E-state index < -0.39 is 0 Å². The molecule has 156 valence electrons. The van der Waals surface area contributed by atoms with E-state index in [0.717, 1.165) is 18.8 Å². The van der Waals surface area contributed by atoms with Gasteiger partial charge in [0.2, 0.25) is 5.78 Å². The fourth-order valence-corrected chi connectivity index (χ4v) is 3.57. The van der Waals surface area contributed by atoms with Gasteiger partial charge in [0.15, 0.2) is 5.69 Å². The van der Waals surface area contributed by atoms with Crippen molar-refractivity contribution in [1.82, 2.24) is 20.0 Å². The van der Waals surface area contributed by atoms with Gasteiger partial charge in [-0.3, -0.25) is 14.6 Å². The Balaban J connectivity index is 0.00000272. The van der Waals surface area contributed by atoms with E-state index in [1.165, 1.54) is 0 Å². The Bertz CT molecular complexity index is 1080. The third-order valence-corrected chi connectivity index (χ3v) is 5.17. The normalized spacial score (nSPS) is 14.5. The number of carbonyl (C=O) groups is 2. The molecule has 1 aliphatic rings. The summed E-state index contributed by atoms with van der Waals surface area (Å²) in [6, 6.07) is 10.6. The number of anilines is 1. The van der Waals surface area contributed by atoms with Gasteiger partial charge in [0.1, 0.15) is 17.3 Å². The van der Waals surface area contributed by atoms with E-state index in [9.17, 15) is 9.59 Å². The zero-order valence-electron chi connectivity index (χ0n) is 17.0. The lowest BCUT2D eigenvalue weighted by Gasteiger charge is -2.22. The predicted octanol–water partition coefficient (Wildman–Crippen LogP) is 2.91. The van der Waals surface area contributed by atoms with Crippen LogP contribution >= 0.6 is 0 Å². The number of hydrogen-bond donors (Lipinski definition) is 0. The van der Waals surface area contributed by atoms with Gasteiger partial charge in [-0.05, 0) is 44.5 Å². The molecule has 0 atom stereocenters. The number of hydrogen-bond acceptors (Lipinski definition) is 7. The average molecular weight is 407 g/mol. The van der Waals surface area contributed by atoms with Crippen molar-refractivity contribution in [2.24, 2.45) is 0 Å². The van der Waals surface area contributed by atoms with Crippen molar-refractivity contribution in [2.75, 3.05) is 31.1 Å². The van der Waals surface area contributed by atoms with Crippen LogP contribution < -0.4 is 4.90 Å². The van der Waals surface area contributed by atoms with Crippen molar-refractivity contribution in [3.05, 3.63) is 71.0 Å². The summed E-state index contributed by atoms with van der Waals surface area (Å²) in [5, 5.41) is 3.83. The highest BCUT2D eigenvalue weighted by atomic mass is 16.5. The standard InChI is InChI=1S/C22H23N5O3.H2/c1-15-14-19(25-30-15)22(29)27-11-5-10-26(12-13-27)20-8-3-7-18(24-20)21(28)17-6-4-9-23-16(17)2;/h3-4,6-9,14H,5,10-13H2,1-2H3;1H. The van der Waals surface area contributed by atoms with Gasteiger partial charge in [-0.25, -0.2) is 4.98 Å². The van der Waals surface area contributed by atoms with Gasteiger partial charge in [-0.15, -0.1) is 0 Å². The lowest BCUT2D eigenvalue weighted by molar-refractivity contribution is 0.0756. The van der Waals surface area contributed by atoms with E-state index in [1.54, 1.807) is 42.3 Å². The van der Waals surface area contributed by atoms with Crippen LogP contribution in [0.15, 0.2) is 47.1 Å². The summed E-state index contributed by atoms with van der Waals surface area (Å²) in [7, 11) is 0. The summed E-state index contributed by atoms with van der Waals surface area (Å²) < 4.78 is 5.02. The highest BCUT2D eigenvalue weighted by Crippen LogP contribution is 2.18. The molecule has 1 amide bonds. The molecule has 8 heteroatoms. The highest BCUT2D eigenvalue weighted by molar-refractivity contribution is 6.08. The van der Waals surface area contributed by atoms with E-state index in [1.807, 2.05) is 19.1 Å². The number of aromatic nitrogens is 3. The first kappa shape index (κ1) is 19.8. The van der Waals surface area contributed by atoms with Gasteiger partial charge in [0.05, 0.1) is 0 Å². The zero-order valence-corrected chi connectivity index (χ0v) is 17.0. The topological polar surface area (TPSA) is 92.4 Å². The van der Waals surface area contributed by atoms with Gasteiger partial charge in [-0.2, -0.15) is 0 Å². The molecule has 0 saturated carbocycles. The zero-order chi connectivity index (χ0) is 21.1. The lowest BCUT2D eigenvalue weighted by Crippen LogP contribution is -2.35. The monoisotopic (exact) mass is 407 g/mol. The quantitative estimate of drug-likeness (QED) is 0.614. The Morgan fingerprint density at radius 3 is 2.67 bits per heavy atom. The maximum atomic E-state index is 12.9. The van der Waals surface area contributed by atoms with Crippen LogP contribution in [0.1, 0.15) is 45.8 Å². The molecular weight excluding hydrogens is 382 g/mol. The van der Waals surface area contributed by atoms with E-state index in [2.05, 4.69) is 20.0 Å². The summed E-state index contributed by atoms with van der Waals surface area (Å²) >= 11 is 0. The van der Waals surface area contributed by atoms with Gasteiger partial charge >= 0.3 is 0 Å². The molecule has 4 heterocycles. The number of carbonyl (C=O) groups excluding carboxylic acids is 2. The number of aryl methyl sites for hydroxylation is 2. The molecular formula is C22H25N5O3. The highest BCUT2D eigenvalue weighted by Gasteiger charge is 2.23. The second kappa shape index (κ2) is 8.44. The molecule has 0 aromatic carbocycles. The molecule has 0 spiro atoms. The van der Waals surface area contributed by atoms with Gasteiger partial charge in [0.25, 0.3) is 5.91 Å². The van der Waals surface area contributed by atoms with Crippen LogP contribution in [0.5, 0.6) is 0 Å².